The lowest BCUT2D eigenvalue weighted by Crippen LogP contribution is -2.56. The Bertz CT molecular complexity index is 402. The smallest absolute Gasteiger partial charge is 0.0897 e. The predicted molar refractivity (Wildman–Crippen MR) is 82.4 cm³/mol. The maximum atomic E-state index is 5.95. The summed E-state index contributed by atoms with van der Waals surface area (Å²) in [5.74, 6) is 0. The summed E-state index contributed by atoms with van der Waals surface area (Å²) in [6.07, 6.45) is 3.96. The van der Waals surface area contributed by atoms with Crippen LogP contribution in [0.25, 0.3) is 0 Å². The number of ether oxygens (including phenoxy) is 2. The molecule has 114 valence electrons. The van der Waals surface area contributed by atoms with Crippen LogP contribution in [-0.4, -0.2) is 43.5 Å². The monoisotopic (exact) mass is 298 g/mol. The van der Waals surface area contributed by atoms with Crippen LogP contribution in [-0.2, 0) is 15.9 Å². The molecule has 1 aromatic heterocycles. The van der Waals surface area contributed by atoms with Crippen molar-refractivity contribution in [1.29, 1.82) is 0 Å². The maximum Gasteiger partial charge on any atom is 0.0897 e. The quantitative estimate of drug-likeness (QED) is 0.840. The summed E-state index contributed by atoms with van der Waals surface area (Å²) in [4.78, 5) is 4.61. The molecule has 20 heavy (non-hydrogen) atoms. The summed E-state index contributed by atoms with van der Waals surface area (Å²) in [5, 5.41) is 6.97. The molecule has 1 aliphatic rings. The Hall–Kier alpha value is -0.490. The number of hydrogen-bond acceptors (Lipinski definition) is 5. The van der Waals surface area contributed by atoms with Crippen LogP contribution in [0.1, 0.15) is 36.9 Å². The van der Waals surface area contributed by atoms with Gasteiger partial charge in [0.2, 0.25) is 0 Å². The fourth-order valence-corrected chi connectivity index (χ4v) is 3.51. The van der Waals surface area contributed by atoms with Crippen molar-refractivity contribution < 1.29 is 9.47 Å². The number of methoxy groups -OCH3 is 1. The van der Waals surface area contributed by atoms with Crippen LogP contribution in [0.5, 0.6) is 0 Å². The fraction of sp³-hybridized carbons (Fsp3) is 0.800. The summed E-state index contributed by atoms with van der Waals surface area (Å²) < 4.78 is 11.5. The van der Waals surface area contributed by atoms with Crippen molar-refractivity contribution in [2.45, 2.75) is 51.2 Å². The second-order valence-electron chi connectivity index (χ2n) is 5.45. The normalized spacial score (nSPS) is 19.9. The zero-order chi connectivity index (χ0) is 14.4. The molecule has 0 aliphatic carbocycles. The molecule has 0 radical (unpaired) electrons. The number of nitrogens with one attached hydrogen (secondary N) is 1. The number of aryl methyl sites for hydroxylation is 1. The third-order valence-electron chi connectivity index (χ3n) is 4.10. The molecule has 2 heterocycles. The molecule has 0 bridgehead atoms. The van der Waals surface area contributed by atoms with Crippen molar-refractivity contribution in [1.82, 2.24) is 10.3 Å². The van der Waals surface area contributed by atoms with Gasteiger partial charge in [0.25, 0.3) is 0 Å². The average Bonchev–Trinajstić information content (AvgIpc) is 2.89. The van der Waals surface area contributed by atoms with Gasteiger partial charge in [0.15, 0.2) is 0 Å². The van der Waals surface area contributed by atoms with Crippen LogP contribution in [0.2, 0.25) is 0 Å². The molecule has 1 fully saturated rings. The minimum Gasteiger partial charge on any atom is -0.381 e. The average molecular weight is 298 g/mol. The second kappa shape index (κ2) is 7.50. The number of thiazole rings is 1. The molecule has 1 aromatic rings. The largest absolute Gasteiger partial charge is 0.381 e. The third kappa shape index (κ3) is 3.79. The minimum atomic E-state index is -0.120. The molecule has 0 amide bonds. The highest BCUT2D eigenvalue weighted by atomic mass is 32.1. The standard InChI is InChI=1S/C15H26N2O2S/c1-4-7-16-14(10-13-11-20-12(2)17-13)15(18-3)5-8-19-9-6-15/h11,14,16H,4-10H2,1-3H3. The highest BCUT2D eigenvalue weighted by molar-refractivity contribution is 7.09. The van der Waals surface area contributed by atoms with E-state index in [2.05, 4.69) is 29.5 Å². The van der Waals surface area contributed by atoms with E-state index in [1.807, 2.05) is 7.11 Å². The van der Waals surface area contributed by atoms with Gasteiger partial charge in [-0.05, 0) is 19.9 Å². The first-order valence-electron chi connectivity index (χ1n) is 7.47. The molecule has 1 aliphatic heterocycles. The summed E-state index contributed by atoms with van der Waals surface area (Å²) in [6, 6.07) is 0.304. The summed E-state index contributed by atoms with van der Waals surface area (Å²) >= 11 is 1.72. The van der Waals surface area contributed by atoms with Crippen molar-refractivity contribution in [3.63, 3.8) is 0 Å². The Kier molecular flexibility index (Phi) is 5.96. The SMILES string of the molecule is CCCNC(Cc1csc(C)n1)C1(OC)CCOCC1. The highest BCUT2D eigenvalue weighted by Gasteiger charge is 2.40. The van der Waals surface area contributed by atoms with Crippen molar-refractivity contribution in [2.24, 2.45) is 0 Å². The Morgan fingerprint density at radius 3 is 2.80 bits per heavy atom. The van der Waals surface area contributed by atoms with E-state index < -0.39 is 0 Å². The summed E-state index contributed by atoms with van der Waals surface area (Å²) in [6.45, 7) is 6.84. The molecule has 0 saturated carbocycles. The van der Waals surface area contributed by atoms with Gasteiger partial charge >= 0.3 is 0 Å². The van der Waals surface area contributed by atoms with Gasteiger partial charge < -0.3 is 14.8 Å². The molecular formula is C15H26N2O2S. The van der Waals surface area contributed by atoms with Gasteiger partial charge in [0, 0.05) is 51.0 Å². The molecule has 1 saturated heterocycles. The van der Waals surface area contributed by atoms with Crippen LogP contribution in [0.3, 0.4) is 0 Å². The number of hydrogen-bond donors (Lipinski definition) is 1. The second-order valence-corrected chi connectivity index (χ2v) is 6.51. The van der Waals surface area contributed by atoms with E-state index in [9.17, 15) is 0 Å². The molecule has 2 rings (SSSR count). The van der Waals surface area contributed by atoms with Crippen molar-refractivity contribution in [3.05, 3.63) is 16.1 Å². The van der Waals surface area contributed by atoms with Crippen molar-refractivity contribution in [2.75, 3.05) is 26.9 Å². The molecule has 1 N–H and O–H groups in total. The Balaban J connectivity index is 2.11. The van der Waals surface area contributed by atoms with E-state index in [-0.39, 0.29) is 5.60 Å². The van der Waals surface area contributed by atoms with E-state index >= 15 is 0 Å². The lowest BCUT2D eigenvalue weighted by atomic mass is 9.83. The predicted octanol–water partition coefficient (Wildman–Crippen LogP) is 2.56. The first-order chi connectivity index (χ1) is 9.70. The van der Waals surface area contributed by atoms with Gasteiger partial charge in [-0.15, -0.1) is 11.3 Å². The molecular weight excluding hydrogens is 272 g/mol. The van der Waals surface area contributed by atoms with E-state index in [4.69, 9.17) is 9.47 Å². The van der Waals surface area contributed by atoms with Crippen LogP contribution in [0, 0.1) is 6.92 Å². The van der Waals surface area contributed by atoms with E-state index in [1.165, 1.54) is 5.69 Å². The van der Waals surface area contributed by atoms with Crippen LogP contribution in [0.4, 0.5) is 0 Å². The van der Waals surface area contributed by atoms with Gasteiger partial charge in [-0.1, -0.05) is 6.92 Å². The lowest BCUT2D eigenvalue weighted by molar-refractivity contribution is -0.110. The molecule has 1 atom stereocenters. The minimum absolute atomic E-state index is 0.120. The topological polar surface area (TPSA) is 43.4 Å². The van der Waals surface area contributed by atoms with Crippen LogP contribution in [0.15, 0.2) is 5.38 Å². The number of rotatable bonds is 7. The number of nitrogens with zero attached hydrogens (tertiary/aromatic N) is 1. The van der Waals surface area contributed by atoms with Gasteiger partial charge in [0.1, 0.15) is 0 Å². The Labute approximate surface area is 125 Å². The highest BCUT2D eigenvalue weighted by Crippen LogP contribution is 2.30. The molecule has 0 spiro atoms. The summed E-state index contributed by atoms with van der Waals surface area (Å²) in [5.41, 5.74) is 1.05. The zero-order valence-corrected chi connectivity index (χ0v) is 13.6. The Morgan fingerprint density at radius 1 is 1.50 bits per heavy atom. The summed E-state index contributed by atoms with van der Waals surface area (Å²) in [7, 11) is 1.83. The zero-order valence-electron chi connectivity index (χ0n) is 12.8. The molecule has 1 unspecified atom stereocenters. The lowest BCUT2D eigenvalue weighted by Gasteiger charge is -2.42. The third-order valence-corrected chi connectivity index (χ3v) is 4.92. The van der Waals surface area contributed by atoms with E-state index in [0.29, 0.717) is 6.04 Å². The van der Waals surface area contributed by atoms with Gasteiger partial charge in [-0.3, -0.25) is 0 Å². The van der Waals surface area contributed by atoms with Gasteiger partial charge in [0.05, 0.1) is 16.3 Å². The maximum absolute atomic E-state index is 5.95. The van der Waals surface area contributed by atoms with Crippen LogP contribution >= 0.6 is 11.3 Å². The van der Waals surface area contributed by atoms with Gasteiger partial charge in [-0.2, -0.15) is 0 Å². The molecule has 4 nitrogen and oxygen atoms in total. The van der Waals surface area contributed by atoms with Crippen LogP contribution < -0.4 is 5.32 Å². The fourth-order valence-electron chi connectivity index (χ4n) is 2.89. The molecule has 0 aromatic carbocycles. The first kappa shape index (κ1) is 15.9. The first-order valence-corrected chi connectivity index (χ1v) is 8.35. The van der Waals surface area contributed by atoms with Gasteiger partial charge in [-0.25, -0.2) is 4.98 Å². The van der Waals surface area contributed by atoms with Crippen molar-refractivity contribution >= 4 is 11.3 Å². The molecule has 5 heteroatoms. The van der Waals surface area contributed by atoms with Crippen molar-refractivity contribution in [3.8, 4) is 0 Å². The van der Waals surface area contributed by atoms with E-state index in [1.54, 1.807) is 11.3 Å². The number of aromatic nitrogens is 1. The van der Waals surface area contributed by atoms with E-state index in [0.717, 1.165) is 50.4 Å². The Morgan fingerprint density at radius 2 is 2.25 bits per heavy atom.